The maximum atomic E-state index is 12.9. The maximum Gasteiger partial charge on any atom is 0.277 e. The summed E-state index contributed by atoms with van der Waals surface area (Å²) in [6, 6.07) is 5.65. The molecule has 0 saturated carbocycles. The van der Waals surface area contributed by atoms with Crippen LogP contribution in [0.2, 0.25) is 0 Å². The molecule has 25 heavy (non-hydrogen) atoms. The summed E-state index contributed by atoms with van der Waals surface area (Å²) in [6.45, 7) is 4.38. The zero-order valence-corrected chi connectivity index (χ0v) is 15.0. The van der Waals surface area contributed by atoms with Gasteiger partial charge in [0.05, 0.1) is 11.9 Å². The van der Waals surface area contributed by atoms with Gasteiger partial charge >= 0.3 is 0 Å². The lowest BCUT2D eigenvalue weighted by Gasteiger charge is -2.11. The molecule has 0 unspecified atom stereocenters. The van der Waals surface area contributed by atoms with Crippen LogP contribution in [0, 0.1) is 5.82 Å². The third-order valence-corrected chi connectivity index (χ3v) is 4.08. The lowest BCUT2D eigenvalue weighted by Crippen LogP contribution is -2.33. The first-order chi connectivity index (χ1) is 12.0. The Labute approximate surface area is 149 Å². The Balaban J connectivity index is 1.88. The Kier molecular flexibility index (Phi) is 7.20. The molecule has 1 aromatic heterocycles. The zero-order chi connectivity index (χ0) is 18.2. The van der Waals surface area contributed by atoms with Crippen molar-refractivity contribution < 1.29 is 23.1 Å². The standard InChI is InChI=1S/C16H20FN3O4S/c1-10(23-13-6-4-12(17)5-7-13)15-19-20-16(24-15)25-11(2)14(21)18-8-9-22-3/h4-7,10-11H,8-9H2,1-3H3,(H,18,21)/t10-,11-/m1/s1. The van der Waals surface area contributed by atoms with Crippen molar-refractivity contribution in [3.05, 3.63) is 36.0 Å². The lowest BCUT2D eigenvalue weighted by molar-refractivity contribution is -0.120. The number of thioether (sulfide) groups is 1. The monoisotopic (exact) mass is 369 g/mol. The molecule has 1 aromatic carbocycles. The Morgan fingerprint density at radius 2 is 2.04 bits per heavy atom. The number of rotatable bonds is 9. The molecule has 7 nitrogen and oxygen atoms in total. The highest BCUT2D eigenvalue weighted by molar-refractivity contribution is 8.00. The van der Waals surface area contributed by atoms with E-state index < -0.39 is 11.4 Å². The Bertz CT molecular complexity index is 680. The van der Waals surface area contributed by atoms with E-state index in [0.29, 0.717) is 18.9 Å². The third kappa shape index (κ3) is 6.02. The van der Waals surface area contributed by atoms with E-state index in [4.69, 9.17) is 13.9 Å². The van der Waals surface area contributed by atoms with E-state index in [2.05, 4.69) is 15.5 Å². The van der Waals surface area contributed by atoms with Gasteiger partial charge in [-0.1, -0.05) is 11.8 Å². The van der Waals surface area contributed by atoms with Crippen molar-refractivity contribution in [1.82, 2.24) is 15.5 Å². The van der Waals surface area contributed by atoms with Gasteiger partial charge in [-0.3, -0.25) is 4.79 Å². The summed E-state index contributed by atoms with van der Waals surface area (Å²) in [5, 5.41) is 10.5. The van der Waals surface area contributed by atoms with Crippen molar-refractivity contribution in [3.63, 3.8) is 0 Å². The molecule has 1 heterocycles. The minimum Gasteiger partial charge on any atom is -0.481 e. The number of nitrogens with one attached hydrogen (secondary N) is 1. The van der Waals surface area contributed by atoms with Gasteiger partial charge in [-0.05, 0) is 38.1 Å². The topological polar surface area (TPSA) is 86.5 Å². The van der Waals surface area contributed by atoms with Crippen molar-refractivity contribution in [2.45, 2.75) is 30.4 Å². The normalized spacial score (nSPS) is 13.3. The van der Waals surface area contributed by atoms with Crippen molar-refractivity contribution in [1.29, 1.82) is 0 Å². The van der Waals surface area contributed by atoms with Gasteiger partial charge < -0.3 is 19.2 Å². The summed E-state index contributed by atoms with van der Waals surface area (Å²) in [4.78, 5) is 11.9. The summed E-state index contributed by atoms with van der Waals surface area (Å²) in [6.07, 6.45) is -0.502. The fourth-order valence-corrected chi connectivity index (χ4v) is 2.54. The van der Waals surface area contributed by atoms with Crippen LogP contribution >= 0.6 is 11.8 Å². The zero-order valence-electron chi connectivity index (χ0n) is 14.2. The molecular weight excluding hydrogens is 349 g/mol. The molecule has 0 radical (unpaired) electrons. The molecule has 136 valence electrons. The lowest BCUT2D eigenvalue weighted by atomic mass is 10.3. The second-order valence-corrected chi connectivity index (χ2v) is 6.46. The minimum atomic E-state index is -0.502. The number of halogens is 1. The molecule has 0 aliphatic rings. The number of ether oxygens (including phenoxy) is 2. The number of hydrogen-bond acceptors (Lipinski definition) is 7. The molecular formula is C16H20FN3O4S. The predicted octanol–water partition coefficient (Wildman–Crippen LogP) is 2.59. The summed E-state index contributed by atoms with van der Waals surface area (Å²) in [5.74, 6) is 0.290. The second kappa shape index (κ2) is 9.38. The van der Waals surface area contributed by atoms with Crippen LogP contribution in [0.25, 0.3) is 0 Å². The van der Waals surface area contributed by atoms with Crippen molar-refractivity contribution in [2.24, 2.45) is 0 Å². The Hall–Kier alpha value is -2.13. The molecule has 2 atom stereocenters. The van der Waals surface area contributed by atoms with Gasteiger partial charge in [0.15, 0.2) is 6.10 Å². The average Bonchev–Trinajstić information content (AvgIpc) is 3.05. The molecule has 1 N–H and O–H groups in total. The first-order valence-electron chi connectivity index (χ1n) is 7.68. The summed E-state index contributed by atoms with van der Waals surface area (Å²) >= 11 is 1.16. The van der Waals surface area contributed by atoms with E-state index in [1.54, 1.807) is 21.0 Å². The molecule has 0 fully saturated rings. The molecule has 0 saturated heterocycles. The summed E-state index contributed by atoms with van der Waals surface area (Å²) in [5.41, 5.74) is 0. The van der Waals surface area contributed by atoms with Crippen LogP contribution in [0.1, 0.15) is 25.8 Å². The number of aromatic nitrogens is 2. The number of benzene rings is 1. The number of nitrogens with zero attached hydrogens (tertiary/aromatic N) is 2. The van der Waals surface area contributed by atoms with Gasteiger partial charge in [0.1, 0.15) is 11.6 Å². The van der Waals surface area contributed by atoms with Gasteiger partial charge in [0.25, 0.3) is 11.1 Å². The summed E-state index contributed by atoms with van der Waals surface area (Å²) in [7, 11) is 1.57. The van der Waals surface area contributed by atoms with Crippen LogP contribution in [-0.2, 0) is 9.53 Å². The molecule has 9 heteroatoms. The van der Waals surface area contributed by atoms with E-state index >= 15 is 0 Å². The van der Waals surface area contributed by atoms with Gasteiger partial charge in [0, 0.05) is 13.7 Å². The van der Waals surface area contributed by atoms with Gasteiger partial charge in [-0.15, -0.1) is 10.2 Å². The van der Waals surface area contributed by atoms with Gasteiger partial charge in [-0.2, -0.15) is 0 Å². The fourth-order valence-electron chi connectivity index (χ4n) is 1.82. The highest BCUT2D eigenvalue weighted by atomic mass is 32.2. The second-order valence-electron chi connectivity index (χ2n) is 5.16. The SMILES string of the molecule is COCCNC(=O)[C@@H](C)Sc1nnc([C@@H](C)Oc2ccc(F)cc2)o1. The van der Waals surface area contributed by atoms with E-state index in [1.165, 1.54) is 24.3 Å². The van der Waals surface area contributed by atoms with Crippen LogP contribution in [0.5, 0.6) is 5.75 Å². The highest BCUT2D eigenvalue weighted by Crippen LogP contribution is 2.26. The molecule has 1 amide bonds. The van der Waals surface area contributed by atoms with E-state index in [9.17, 15) is 9.18 Å². The van der Waals surface area contributed by atoms with Crippen LogP contribution in [0.15, 0.2) is 33.9 Å². The number of carbonyl (C=O) groups excluding carboxylic acids is 1. The predicted molar refractivity (Wildman–Crippen MR) is 89.9 cm³/mol. The third-order valence-electron chi connectivity index (χ3n) is 3.15. The average molecular weight is 369 g/mol. The molecule has 0 aliphatic carbocycles. The van der Waals surface area contributed by atoms with E-state index in [-0.39, 0.29) is 22.8 Å². The maximum absolute atomic E-state index is 12.9. The van der Waals surface area contributed by atoms with Crippen molar-refractivity contribution in [2.75, 3.05) is 20.3 Å². The smallest absolute Gasteiger partial charge is 0.277 e. The van der Waals surface area contributed by atoms with Gasteiger partial charge in [0.2, 0.25) is 5.91 Å². The van der Waals surface area contributed by atoms with E-state index in [0.717, 1.165) is 11.8 Å². The first kappa shape index (κ1) is 19.2. The Morgan fingerprint density at radius 3 is 2.72 bits per heavy atom. The first-order valence-corrected chi connectivity index (χ1v) is 8.56. The Morgan fingerprint density at radius 1 is 1.32 bits per heavy atom. The van der Waals surface area contributed by atoms with Crippen LogP contribution < -0.4 is 10.1 Å². The number of amides is 1. The number of methoxy groups -OCH3 is 1. The minimum absolute atomic E-state index is 0.141. The molecule has 0 aliphatic heterocycles. The fraction of sp³-hybridized carbons (Fsp3) is 0.438. The van der Waals surface area contributed by atoms with Gasteiger partial charge in [-0.25, -0.2) is 4.39 Å². The highest BCUT2D eigenvalue weighted by Gasteiger charge is 2.20. The molecule has 2 rings (SSSR count). The van der Waals surface area contributed by atoms with Crippen LogP contribution in [-0.4, -0.2) is 41.6 Å². The quantitative estimate of drug-likeness (QED) is 0.537. The van der Waals surface area contributed by atoms with E-state index in [1.807, 2.05) is 0 Å². The molecule has 0 spiro atoms. The summed E-state index contributed by atoms with van der Waals surface area (Å²) < 4.78 is 28.9. The largest absolute Gasteiger partial charge is 0.481 e. The van der Waals surface area contributed by atoms with Crippen LogP contribution in [0.4, 0.5) is 4.39 Å². The van der Waals surface area contributed by atoms with Crippen molar-refractivity contribution >= 4 is 17.7 Å². The number of hydrogen-bond donors (Lipinski definition) is 1. The van der Waals surface area contributed by atoms with Crippen molar-refractivity contribution in [3.8, 4) is 5.75 Å². The van der Waals surface area contributed by atoms with Crippen LogP contribution in [0.3, 0.4) is 0 Å². The number of carbonyl (C=O) groups is 1. The molecule has 2 aromatic rings. The molecule has 0 bridgehead atoms.